The maximum Gasteiger partial charge on any atom is 0.0992 e. The Labute approximate surface area is 130 Å². The Morgan fingerprint density at radius 2 is 2.29 bits per heavy atom. The second-order valence-corrected chi connectivity index (χ2v) is 6.32. The molecule has 0 atom stereocenters. The van der Waals surface area contributed by atoms with Crippen molar-refractivity contribution in [2.75, 3.05) is 25.4 Å². The molecule has 1 N–H and O–H groups in total. The summed E-state index contributed by atoms with van der Waals surface area (Å²) >= 11 is 1.88. The van der Waals surface area contributed by atoms with E-state index >= 15 is 0 Å². The van der Waals surface area contributed by atoms with Crippen molar-refractivity contribution in [3.63, 3.8) is 0 Å². The van der Waals surface area contributed by atoms with Crippen molar-refractivity contribution in [2.24, 2.45) is 4.99 Å². The molecule has 2 aromatic rings. The van der Waals surface area contributed by atoms with Crippen molar-refractivity contribution in [3.05, 3.63) is 43.1 Å². The van der Waals surface area contributed by atoms with Gasteiger partial charge in [0.2, 0.25) is 0 Å². The minimum Gasteiger partial charge on any atom is -0.360 e. The van der Waals surface area contributed by atoms with E-state index in [2.05, 4.69) is 46.9 Å². The maximum atomic E-state index is 4.77. The van der Waals surface area contributed by atoms with Crippen LogP contribution in [-0.2, 0) is 0 Å². The van der Waals surface area contributed by atoms with Gasteiger partial charge >= 0.3 is 0 Å². The monoisotopic (exact) mass is 299 g/mol. The van der Waals surface area contributed by atoms with Gasteiger partial charge in [-0.2, -0.15) is 0 Å². The molecule has 0 bridgehead atoms. The average Bonchev–Trinajstić information content (AvgIpc) is 3.11. The minimum absolute atomic E-state index is 0.882. The summed E-state index contributed by atoms with van der Waals surface area (Å²) in [6.07, 6.45) is 6.40. The van der Waals surface area contributed by atoms with Gasteiger partial charge in [-0.25, -0.2) is 0 Å². The van der Waals surface area contributed by atoms with E-state index in [1.54, 1.807) is 0 Å². The molecular formula is C17H21N3S. The number of thioether (sulfide) groups is 1. The Balaban J connectivity index is 1.55. The molecule has 0 spiro atoms. The van der Waals surface area contributed by atoms with Crippen LogP contribution in [0.25, 0.3) is 10.9 Å². The molecule has 1 aromatic carbocycles. The highest BCUT2D eigenvalue weighted by atomic mass is 32.2. The summed E-state index contributed by atoms with van der Waals surface area (Å²) in [6.45, 7) is 6.75. The van der Waals surface area contributed by atoms with E-state index in [0.29, 0.717) is 0 Å². The lowest BCUT2D eigenvalue weighted by molar-refractivity contribution is 0.501. The smallest absolute Gasteiger partial charge is 0.0992 e. The zero-order chi connectivity index (χ0) is 14.5. The van der Waals surface area contributed by atoms with Gasteiger partial charge in [-0.1, -0.05) is 24.3 Å². The fourth-order valence-electron chi connectivity index (χ4n) is 2.74. The molecular weight excluding hydrogens is 278 g/mol. The zero-order valence-corrected chi connectivity index (χ0v) is 13.0. The molecule has 1 saturated heterocycles. The Hall–Kier alpha value is -1.68. The second kappa shape index (κ2) is 6.85. The first-order chi connectivity index (χ1) is 10.4. The predicted octanol–water partition coefficient (Wildman–Crippen LogP) is 3.94. The van der Waals surface area contributed by atoms with Crippen molar-refractivity contribution in [1.82, 2.24) is 9.88 Å². The molecule has 110 valence electrons. The largest absolute Gasteiger partial charge is 0.360 e. The highest BCUT2D eigenvalue weighted by Crippen LogP contribution is 2.27. The molecule has 2 heterocycles. The van der Waals surface area contributed by atoms with Gasteiger partial charge in [0, 0.05) is 47.3 Å². The van der Waals surface area contributed by atoms with Crippen LogP contribution in [0.15, 0.2) is 53.0 Å². The number of hydrogen-bond acceptors (Lipinski definition) is 2. The maximum absolute atomic E-state index is 4.77. The lowest BCUT2D eigenvalue weighted by atomic mass is 10.2. The molecule has 4 heteroatoms. The van der Waals surface area contributed by atoms with Crippen LogP contribution in [0, 0.1) is 0 Å². The molecule has 3 nitrogen and oxygen atoms in total. The lowest BCUT2D eigenvalue weighted by Gasteiger charge is -2.16. The molecule has 1 aliphatic rings. The van der Waals surface area contributed by atoms with Gasteiger partial charge in [0.05, 0.1) is 12.4 Å². The molecule has 1 aliphatic heterocycles. The molecule has 1 aromatic heterocycles. The molecule has 21 heavy (non-hydrogen) atoms. The molecule has 0 unspecified atom stereocenters. The quantitative estimate of drug-likeness (QED) is 0.497. The number of likely N-dealkylation sites (tertiary alicyclic amines) is 1. The molecule has 3 rings (SSSR count). The number of rotatable bonds is 6. The molecule has 0 radical (unpaired) electrons. The Bertz CT molecular complexity index is 644. The van der Waals surface area contributed by atoms with Crippen LogP contribution in [0.4, 0.5) is 0 Å². The van der Waals surface area contributed by atoms with E-state index < -0.39 is 0 Å². The first kappa shape index (κ1) is 14.3. The Morgan fingerprint density at radius 3 is 3.19 bits per heavy atom. The van der Waals surface area contributed by atoms with Crippen LogP contribution in [-0.4, -0.2) is 41.1 Å². The van der Waals surface area contributed by atoms with Crippen LogP contribution in [0.2, 0.25) is 0 Å². The first-order valence-electron chi connectivity index (χ1n) is 7.46. The van der Waals surface area contributed by atoms with E-state index in [0.717, 1.165) is 31.8 Å². The predicted molar refractivity (Wildman–Crippen MR) is 92.3 cm³/mol. The van der Waals surface area contributed by atoms with Crippen LogP contribution in [0.5, 0.6) is 0 Å². The van der Waals surface area contributed by atoms with E-state index in [1.807, 2.05) is 17.8 Å². The van der Waals surface area contributed by atoms with Gasteiger partial charge in [-0.05, 0) is 12.5 Å². The topological polar surface area (TPSA) is 31.4 Å². The summed E-state index contributed by atoms with van der Waals surface area (Å²) in [7, 11) is 0. The second-order valence-electron chi connectivity index (χ2n) is 5.18. The average molecular weight is 299 g/mol. The number of aromatic amines is 1. The highest BCUT2D eigenvalue weighted by Gasteiger charge is 2.16. The van der Waals surface area contributed by atoms with Gasteiger partial charge in [0.25, 0.3) is 0 Å². The summed E-state index contributed by atoms with van der Waals surface area (Å²) in [6, 6.07) is 8.44. The molecule has 0 amide bonds. The number of amidine groups is 1. The summed E-state index contributed by atoms with van der Waals surface area (Å²) in [5, 5.41) is 1.31. The number of fused-ring (bicyclic) bond motifs is 1. The number of aromatic nitrogens is 1. The first-order valence-corrected chi connectivity index (χ1v) is 8.45. The summed E-state index contributed by atoms with van der Waals surface area (Å²) in [4.78, 5) is 11.7. The van der Waals surface area contributed by atoms with Gasteiger partial charge in [-0.3, -0.25) is 4.99 Å². The highest BCUT2D eigenvalue weighted by molar-refractivity contribution is 7.99. The number of benzene rings is 1. The minimum atomic E-state index is 0.882. The van der Waals surface area contributed by atoms with Gasteiger partial charge in [-0.15, -0.1) is 18.3 Å². The number of nitrogens with zero attached hydrogens (tertiary/aromatic N) is 2. The normalized spacial score (nSPS) is 17.0. The van der Waals surface area contributed by atoms with Crippen LogP contribution < -0.4 is 0 Å². The fraction of sp³-hybridized carbons (Fsp3) is 0.353. The van der Waals surface area contributed by atoms with Crippen molar-refractivity contribution < 1.29 is 0 Å². The fourth-order valence-corrected chi connectivity index (χ4v) is 3.62. The number of hydrogen-bond donors (Lipinski definition) is 1. The van der Waals surface area contributed by atoms with Gasteiger partial charge in [0.1, 0.15) is 0 Å². The van der Waals surface area contributed by atoms with Gasteiger partial charge in [0.15, 0.2) is 0 Å². The third-order valence-corrected chi connectivity index (χ3v) is 4.77. The van der Waals surface area contributed by atoms with Crippen molar-refractivity contribution in [3.8, 4) is 0 Å². The summed E-state index contributed by atoms with van der Waals surface area (Å²) in [5.74, 6) is 2.28. The standard InChI is InChI=1S/C17H21N3S/c1-2-10-20-11-5-8-17(20)18-9-12-21-16-13-19-15-7-4-3-6-14(15)16/h2-4,6-7,13,19H,1,5,8-12H2/b18-17+. The van der Waals surface area contributed by atoms with Crippen molar-refractivity contribution >= 4 is 28.5 Å². The number of H-pyrrole nitrogens is 1. The zero-order valence-electron chi connectivity index (χ0n) is 12.2. The molecule has 1 fully saturated rings. The Morgan fingerprint density at radius 1 is 1.38 bits per heavy atom. The van der Waals surface area contributed by atoms with Crippen LogP contribution in [0.3, 0.4) is 0 Å². The molecule has 0 saturated carbocycles. The van der Waals surface area contributed by atoms with Crippen molar-refractivity contribution in [2.45, 2.75) is 17.7 Å². The van der Waals surface area contributed by atoms with E-state index in [9.17, 15) is 0 Å². The van der Waals surface area contributed by atoms with Crippen LogP contribution in [0.1, 0.15) is 12.8 Å². The lowest BCUT2D eigenvalue weighted by Crippen LogP contribution is -2.25. The van der Waals surface area contributed by atoms with E-state index in [1.165, 1.54) is 28.1 Å². The number of nitrogens with one attached hydrogen (secondary N) is 1. The Kier molecular flexibility index (Phi) is 4.65. The summed E-state index contributed by atoms with van der Waals surface area (Å²) in [5.41, 5.74) is 1.21. The van der Waals surface area contributed by atoms with Crippen molar-refractivity contribution in [1.29, 1.82) is 0 Å². The van der Waals surface area contributed by atoms with Gasteiger partial charge < -0.3 is 9.88 Å². The van der Waals surface area contributed by atoms with Crippen LogP contribution >= 0.6 is 11.8 Å². The molecule has 0 aliphatic carbocycles. The summed E-state index contributed by atoms with van der Waals surface area (Å²) < 4.78 is 0. The van der Waals surface area contributed by atoms with E-state index in [4.69, 9.17) is 4.99 Å². The van der Waals surface area contributed by atoms with E-state index in [-0.39, 0.29) is 0 Å². The third kappa shape index (κ3) is 3.32. The SMILES string of the molecule is C=CCN1CCC/C1=N\CCSc1c[nH]c2ccccc12. The number of aliphatic imine (C=N–C) groups is 1. The third-order valence-electron chi connectivity index (χ3n) is 3.74. The number of para-hydroxylation sites is 1.